The first-order chi connectivity index (χ1) is 11.6. The van der Waals surface area contributed by atoms with Crippen molar-refractivity contribution in [1.82, 2.24) is 5.32 Å². The molecule has 1 amide bonds. The second-order valence-electron chi connectivity index (χ2n) is 5.38. The fourth-order valence-electron chi connectivity index (χ4n) is 2.32. The van der Waals surface area contributed by atoms with Crippen molar-refractivity contribution in [2.24, 2.45) is 0 Å². The van der Waals surface area contributed by atoms with Crippen LogP contribution in [0.25, 0.3) is 0 Å². The van der Waals surface area contributed by atoms with Gasteiger partial charge in [-0.25, -0.2) is 0 Å². The Bertz CT molecular complexity index is 661. The van der Waals surface area contributed by atoms with Gasteiger partial charge in [0.05, 0.1) is 26.0 Å². The van der Waals surface area contributed by atoms with Crippen LogP contribution in [0.3, 0.4) is 0 Å². The summed E-state index contributed by atoms with van der Waals surface area (Å²) in [5, 5.41) is 3.02. The molecule has 0 spiro atoms. The van der Waals surface area contributed by atoms with Crippen LogP contribution in [0.4, 0.5) is 0 Å². The minimum atomic E-state index is -0.0883. The van der Waals surface area contributed by atoms with Crippen molar-refractivity contribution in [1.29, 1.82) is 0 Å². The van der Waals surface area contributed by atoms with Gasteiger partial charge in [0.25, 0.3) is 0 Å². The Morgan fingerprint density at radius 3 is 2.46 bits per heavy atom. The van der Waals surface area contributed by atoms with Gasteiger partial charge in [0.15, 0.2) is 11.5 Å². The Labute approximate surface area is 147 Å². The first kappa shape index (κ1) is 18.2. The molecule has 0 unspecified atom stereocenters. The molecule has 2 aromatic rings. The summed E-state index contributed by atoms with van der Waals surface area (Å²) >= 11 is 1.61. The standard InChI is InChI=1S/C19H23NO3S/c1-14(16-9-10-17(22-2)18(11-16)23-3)20-19(21)13-24-12-15-7-5-4-6-8-15/h4-11,14H,12-13H2,1-3H3,(H,20,21)/t14-/m1/s1. The number of hydrogen-bond acceptors (Lipinski definition) is 4. The summed E-state index contributed by atoms with van der Waals surface area (Å²) in [6.45, 7) is 1.96. The lowest BCUT2D eigenvalue weighted by molar-refractivity contribution is -0.119. The average molecular weight is 345 g/mol. The lowest BCUT2D eigenvalue weighted by Crippen LogP contribution is -2.28. The van der Waals surface area contributed by atoms with Gasteiger partial charge in [-0.3, -0.25) is 4.79 Å². The number of rotatable bonds is 8. The molecule has 0 aromatic heterocycles. The second-order valence-corrected chi connectivity index (χ2v) is 6.37. The minimum Gasteiger partial charge on any atom is -0.493 e. The van der Waals surface area contributed by atoms with Crippen LogP contribution in [0, 0.1) is 0 Å². The van der Waals surface area contributed by atoms with Crippen LogP contribution in [-0.2, 0) is 10.5 Å². The highest BCUT2D eigenvalue weighted by Crippen LogP contribution is 2.29. The summed E-state index contributed by atoms with van der Waals surface area (Å²) in [7, 11) is 3.21. The third kappa shape index (κ3) is 5.20. The van der Waals surface area contributed by atoms with Gasteiger partial charge in [-0.1, -0.05) is 36.4 Å². The third-order valence-corrected chi connectivity index (χ3v) is 4.63. The van der Waals surface area contributed by atoms with Gasteiger partial charge in [0.2, 0.25) is 5.91 Å². The van der Waals surface area contributed by atoms with Gasteiger partial charge in [0.1, 0.15) is 0 Å². The van der Waals surface area contributed by atoms with E-state index in [-0.39, 0.29) is 11.9 Å². The number of benzene rings is 2. The van der Waals surface area contributed by atoms with Crippen LogP contribution in [0.15, 0.2) is 48.5 Å². The van der Waals surface area contributed by atoms with E-state index in [0.29, 0.717) is 17.3 Å². The molecule has 5 heteroatoms. The molecular formula is C19H23NO3S. The molecule has 0 saturated heterocycles. The number of nitrogens with one attached hydrogen (secondary N) is 1. The van der Waals surface area contributed by atoms with Crippen LogP contribution in [-0.4, -0.2) is 25.9 Å². The molecule has 0 saturated carbocycles. The summed E-state index contributed by atoms with van der Waals surface area (Å²) in [5.41, 5.74) is 2.21. The largest absolute Gasteiger partial charge is 0.493 e. The van der Waals surface area contributed by atoms with Crippen molar-refractivity contribution in [3.05, 3.63) is 59.7 Å². The molecule has 0 aliphatic heterocycles. The maximum absolute atomic E-state index is 12.1. The van der Waals surface area contributed by atoms with Crippen LogP contribution in [0.1, 0.15) is 24.1 Å². The zero-order valence-corrected chi connectivity index (χ0v) is 15.1. The molecule has 0 radical (unpaired) electrons. The predicted molar refractivity (Wildman–Crippen MR) is 98.7 cm³/mol. The van der Waals surface area contributed by atoms with Gasteiger partial charge in [-0.05, 0) is 30.2 Å². The molecule has 0 aliphatic rings. The lowest BCUT2D eigenvalue weighted by Gasteiger charge is -2.16. The van der Waals surface area contributed by atoms with E-state index in [1.807, 2.05) is 43.3 Å². The van der Waals surface area contributed by atoms with Gasteiger partial charge < -0.3 is 14.8 Å². The van der Waals surface area contributed by atoms with E-state index < -0.39 is 0 Å². The molecule has 2 rings (SSSR count). The maximum Gasteiger partial charge on any atom is 0.230 e. The Balaban J connectivity index is 1.85. The molecule has 0 bridgehead atoms. The Hall–Kier alpha value is -2.14. The molecule has 0 fully saturated rings. The summed E-state index contributed by atoms with van der Waals surface area (Å²) in [6.07, 6.45) is 0. The molecular weight excluding hydrogens is 322 g/mol. The summed E-state index contributed by atoms with van der Waals surface area (Å²) in [4.78, 5) is 12.1. The molecule has 1 N–H and O–H groups in total. The topological polar surface area (TPSA) is 47.6 Å². The fraction of sp³-hybridized carbons (Fsp3) is 0.316. The molecule has 4 nitrogen and oxygen atoms in total. The molecule has 2 aromatic carbocycles. The monoisotopic (exact) mass is 345 g/mol. The molecule has 0 heterocycles. The summed E-state index contributed by atoms with van der Waals surface area (Å²) in [5.74, 6) is 2.64. The van der Waals surface area contributed by atoms with Gasteiger partial charge in [0, 0.05) is 5.75 Å². The number of hydrogen-bond donors (Lipinski definition) is 1. The quantitative estimate of drug-likeness (QED) is 0.790. The van der Waals surface area contributed by atoms with Crippen molar-refractivity contribution in [2.45, 2.75) is 18.7 Å². The van der Waals surface area contributed by atoms with Crippen LogP contribution >= 0.6 is 11.8 Å². The van der Waals surface area contributed by atoms with Crippen molar-refractivity contribution in [3.63, 3.8) is 0 Å². The van der Waals surface area contributed by atoms with Crippen LogP contribution in [0.5, 0.6) is 11.5 Å². The van der Waals surface area contributed by atoms with E-state index in [1.165, 1.54) is 5.56 Å². The maximum atomic E-state index is 12.1. The first-order valence-corrected chi connectivity index (χ1v) is 8.92. The highest BCUT2D eigenvalue weighted by Gasteiger charge is 2.12. The summed E-state index contributed by atoms with van der Waals surface area (Å²) in [6, 6.07) is 15.7. The Morgan fingerprint density at radius 1 is 1.08 bits per heavy atom. The SMILES string of the molecule is COc1ccc([C@@H](C)NC(=O)CSCc2ccccc2)cc1OC. The van der Waals surface area contributed by atoms with Crippen LogP contribution in [0.2, 0.25) is 0 Å². The highest BCUT2D eigenvalue weighted by molar-refractivity contribution is 7.99. The van der Waals surface area contributed by atoms with Crippen molar-refractivity contribution in [3.8, 4) is 11.5 Å². The smallest absolute Gasteiger partial charge is 0.230 e. The number of thioether (sulfide) groups is 1. The van der Waals surface area contributed by atoms with Crippen LogP contribution < -0.4 is 14.8 Å². The molecule has 0 aliphatic carbocycles. The summed E-state index contributed by atoms with van der Waals surface area (Å²) < 4.78 is 10.5. The van der Waals surface area contributed by atoms with Gasteiger partial charge >= 0.3 is 0 Å². The number of methoxy groups -OCH3 is 2. The van der Waals surface area contributed by atoms with Gasteiger partial charge in [-0.2, -0.15) is 0 Å². The van der Waals surface area contributed by atoms with Crippen molar-refractivity contribution < 1.29 is 14.3 Å². The molecule has 1 atom stereocenters. The van der Waals surface area contributed by atoms with E-state index in [2.05, 4.69) is 17.4 Å². The predicted octanol–water partition coefficient (Wildman–Crippen LogP) is 3.81. The van der Waals surface area contributed by atoms with E-state index in [4.69, 9.17) is 9.47 Å². The van der Waals surface area contributed by atoms with Crippen molar-refractivity contribution >= 4 is 17.7 Å². The average Bonchev–Trinajstić information content (AvgIpc) is 2.61. The Kier molecular flexibility index (Phi) is 7.00. The minimum absolute atomic E-state index is 0.0261. The highest BCUT2D eigenvalue weighted by atomic mass is 32.2. The zero-order chi connectivity index (χ0) is 17.4. The number of carbonyl (C=O) groups excluding carboxylic acids is 1. The van der Waals surface area contributed by atoms with E-state index in [9.17, 15) is 4.79 Å². The van der Waals surface area contributed by atoms with E-state index in [0.717, 1.165) is 11.3 Å². The number of carbonyl (C=O) groups is 1. The van der Waals surface area contributed by atoms with E-state index in [1.54, 1.807) is 26.0 Å². The molecule has 128 valence electrons. The Morgan fingerprint density at radius 2 is 1.79 bits per heavy atom. The first-order valence-electron chi connectivity index (χ1n) is 7.77. The molecule has 24 heavy (non-hydrogen) atoms. The zero-order valence-electron chi connectivity index (χ0n) is 14.2. The van der Waals surface area contributed by atoms with Gasteiger partial charge in [-0.15, -0.1) is 11.8 Å². The lowest BCUT2D eigenvalue weighted by atomic mass is 10.1. The van der Waals surface area contributed by atoms with Crippen molar-refractivity contribution in [2.75, 3.05) is 20.0 Å². The fourth-order valence-corrected chi connectivity index (χ4v) is 3.12. The normalized spacial score (nSPS) is 11.6. The second kappa shape index (κ2) is 9.23. The number of amides is 1. The number of ether oxygens (including phenoxy) is 2. The third-order valence-electron chi connectivity index (χ3n) is 3.63. The van der Waals surface area contributed by atoms with E-state index >= 15 is 0 Å².